The first-order chi connectivity index (χ1) is 16.5. The quantitative estimate of drug-likeness (QED) is 0.479. The maximum absolute atomic E-state index is 13.7. The van der Waals surface area contributed by atoms with Crippen LogP contribution in [-0.4, -0.2) is 40.7 Å². The van der Waals surface area contributed by atoms with E-state index in [1.54, 1.807) is 31.2 Å². The van der Waals surface area contributed by atoms with Gasteiger partial charge in [0.05, 0.1) is 5.69 Å². The zero-order valence-electron chi connectivity index (χ0n) is 20.1. The minimum absolute atomic E-state index is 0.0900. The molecule has 1 unspecified atom stereocenters. The summed E-state index contributed by atoms with van der Waals surface area (Å²) >= 11 is 12.4. The van der Waals surface area contributed by atoms with Crippen LogP contribution in [-0.2, 0) is 16.1 Å². The predicted molar refractivity (Wildman–Crippen MR) is 140 cm³/mol. The van der Waals surface area contributed by atoms with Gasteiger partial charge in [-0.05, 0) is 62.9 Å². The first-order valence-electron chi connectivity index (χ1n) is 11.4. The zero-order valence-corrected chi connectivity index (χ0v) is 21.6. The van der Waals surface area contributed by atoms with Gasteiger partial charge < -0.3 is 10.2 Å². The van der Waals surface area contributed by atoms with Crippen LogP contribution >= 0.6 is 23.2 Å². The van der Waals surface area contributed by atoms with Crippen LogP contribution in [0.4, 0.5) is 5.69 Å². The van der Waals surface area contributed by atoms with E-state index in [1.165, 1.54) is 9.80 Å². The van der Waals surface area contributed by atoms with Gasteiger partial charge in [0.25, 0.3) is 5.91 Å². The molecule has 0 aromatic heterocycles. The number of halogens is 2. The third-order valence-electron chi connectivity index (χ3n) is 5.96. The number of benzene rings is 3. The molecule has 182 valence electrons. The third kappa shape index (κ3) is 5.14. The van der Waals surface area contributed by atoms with Gasteiger partial charge in [0, 0.05) is 33.1 Å². The van der Waals surface area contributed by atoms with Crippen LogP contribution in [0.25, 0.3) is 10.8 Å². The lowest BCUT2D eigenvalue weighted by molar-refractivity contribution is -0.140. The Bertz CT molecular complexity index is 1330. The molecule has 0 saturated heterocycles. The lowest BCUT2D eigenvalue weighted by atomic mass is 10.1. The summed E-state index contributed by atoms with van der Waals surface area (Å²) in [6.45, 7) is 7.18. The van der Waals surface area contributed by atoms with Gasteiger partial charge in [-0.2, -0.15) is 0 Å². The summed E-state index contributed by atoms with van der Waals surface area (Å²) in [4.78, 5) is 42.9. The summed E-state index contributed by atoms with van der Waals surface area (Å²) in [6.07, 6.45) is 0. The number of hydrogen-bond donors (Lipinski definition) is 1. The van der Waals surface area contributed by atoms with Crippen molar-refractivity contribution in [1.29, 1.82) is 0 Å². The van der Waals surface area contributed by atoms with Crippen molar-refractivity contribution in [3.05, 3.63) is 75.8 Å². The van der Waals surface area contributed by atoms with E-state index in [9.17, 15) is 14.4 Å². The van der Waals surface area contributed by atoms with Crippen molar-refractivity contribution in [2.45, 2.75) is 45.8 Å². The highest BCUT2D eigenvalue weighted by atomic mass is 35.5. The summed E-state index contributed by atoms with van der Waals surface area (Å²) in [5.41, 5.74) is 1.43. The maximum atomic E-state index is 13.7. The number of carbonyl (C=O) groups excluding carboxylic acids is 3. The predicted octanol–water partition coefficient (Wildman–Crippen LogP) is 5.44. The molecule has 1 atom stereocenters. The van der Waals surface area contributed by atoms with Crippen LogP contribution in [0.2, 0.25) is 10.0 Å². The van der Waals surface area contributed by atoms with Crippen LogP contribution in [0.5, 0.6) is 0 Å². The molecule has 35 heavy (non-hydrogen) atoms. The SMILES string of the molecule is CC(C(=O)NC(C)(C)C)N(Cc1ccc(Cl)cc1Cl)C(=O)CN1C(=O)c2cccc3cccc1c23. The van der Waals surface area contributed by atoms with E-state index in [4.69, 9.17) is 23.2 Å². The number of carbonyl (C=O) groups is 3. The second-order valence-corrected chi connectivity index (χ2v) is 10.6. The summed E-state index contributed by atoms with van der Waals surface area (Å²) in [7, 11) is 0. The fourth-order valence-corrected chi connectivity index (χ4v) is 4.72. The standard InChI is InChI=1S/C27H27Cl2N3O3/c1-16(25(34)30-27(2,3)4)31(14-18-11-12-19(28)13-21(18)29)23(33)15-32-22-10-6-8-17-7-5-9-20(24(17)22)26(32)35/h5-13,16H,14-15H2,1-4H3,(H,30,34). The Labute approximate surface area is 214 Å². The van der Waals surface area contributed by atoms with E-state index in [-0.39, 0.29) is 30.8 Å². The average molecular weight is 512 g/mol. The molecular formula is C27H27Cl2N3O3. The van der Waals surface area contributed by atoms with Crippen LogP contribution in [0.3, 0.4) is 0 Å². The first-order valence-corrected chi connectivity index (χ1v) is 12.1. The second-order valence-electron chi connectivity index (χ2n) is 9.74. The van der Waals surface area contributed by atoms with Gasteiger partial charge in [0.2, 0.25) is 11.8 Å². The molecule has 8 heteroatoms. The summed E-state index contributed by atoms with van der Waals surface area (Å²) in [6, 6.07) is 15.4. The largest absolute Gasteiger partial charge is 0.350 e. The first kappa shape index (κ1) is 25.0. The molecule has 1 aliphatic heterocycles. The minimum atomic E-state index is -0.802. The van der Waals surface area contributed by atoms with E-state index in [0.717, 1.165) is 10.8 Å². The maximum Gasteiger partial charge on any atom is 0.259 e. The Morgan fingerprint density at radius 2 is 1.74 bits per heavy atom. The molecule has 4 rings (SSSR count). The highest BCUT2D eigenvalue weighted by molar-refractivity contribution is 6.35. The molecule has 0 aliphatic carbocycles. The van der Waals surface area contributed by atoms with Gasteiger partial charge in [-0.15, -0.1) is 0 Å². The molecule has 0 bridgehead atoms. The Kier molecular flexibility index (Phi) is 6.80. The molecular weight excluding hydrogens is 485 g/mol. The van der Waals surface area contributed by atoms with Crippen LogP contribution < -0.4 is 10.2 Å². The third-order valence-corrected chi connectivity index (χ3v) is 6.55. The van der Waals surface area contributed by atoms with E-state index >= 15 is 0 Å². The average Bonchev–Trinajstić information content (AvgIpc) is 3.05. The molecule has 0 radical (unpaired) electrons. The van der Waals surface area contributed by atoms with Crippen LogP contribution in [0.1, 0.15) is 43.6 Å². The van der Waals surface area contributed by atoms with Gasteiger partial charge in [0.15, 0.2) is 0 Å². The Balaban J connectivity index is 1.65. The molecule has 6 nitrogen and oxygen atoms in total. The molecule has 3 aromatic rings. The van der Waals surface area contributed by atoms with Crippen molar-refractivity contribution in [3.8, 4) is 0 Å². The van der Waals surface area contributed by atoms with E-state index < -0.39 is 11.6 Å². The molecule has 0 fully saturated rings. The highest BCUT2D eigenvalue weighted by Gasteiger charge is 2.35. The van der Waals surface area contributed by atoms with Gasteiger partial charge in [0.1, 0.15) is 12.6 Å². The number of rotatable bonds is 6. The number of nitrogens with zero attached hydrogens (tertiary/aromatic N) is 2. The topological polar surface area (TPSA) is 69.7 Å². The molecule has 3 aromatic carbocycles. The van der Waals surface area contributed by atoms with Crippen LogP contribution in [0, 0.1) is 0 Å². The summed E-state index contributed by atoms with van der Waals surface area (Å²) in [5.74, 6) is -0.902. The summed E-state index contributed by atoms with van der Waals surface area (Å²) < 4.78 is 0. The molecule has 3 amide bonds. The molecule has 1 N–H and O–H groups in total. The van der Waals surface area contributed by atoms with Crippen molar-refractivity contribution in [3.63, 3.8) is 0 Å². The smallest absolute Gasteiger partial charge is 0.259 e. The minimum Gasteiger partial charge on any atom is -0.350 e. The lowest BCUT2D eigenvalue weighted by Crippen LogP contribution is -2.54. The van der Waals surface area contributed by atoms with Gasteiger partial charge >= 0.3 is 0 Å². The fraction of sp³-hybridized carbons (Fsp3) is 0.296. The van der Waals surface area contributed by atoms with Crippen molar-refractivity contribution < 1.29 is 14.4 Å². The van der Waals surface area contributed by atoms with Crippen molar-refractivity contribution in [2.75, 3.05) is 11.4 Å². The number of hydrogen-bond acceptors (Lipinski definition) is 3. The number of nitrogens with one attached hydrogen (secondary N) is 1. The number of anilines is 1. The molecule has 0 saturated carbocycles. The van der Waals surface area contributed by atoms with E-state index in [1.807, 2.05) is 51.1 Å². The fourth-order valence-electron chi connectivity index (χ4n) is 4.25. The van der Waals surface area contributed by atoms with Crippen molar-refractivity contribution in [2.24, 2.45) is 0 Å². The molecule has 1 heterocycles. The van der Waals surface area contributed by atoms with Crippen LogP contribution in [0.15, 0.2) is 54.6 Å². The zero-order chi connectivity index (χ0) is 25.5. The Morgan fingerprint density at radius 3 is 2.40 bits per heavy atom. The molecule has 0 spiro atoms. The van der Waals surface area contributed by atoms with E-state index in [0.29, 0.717) is 26.9 Å². The van der Waals surface area contributed by atoms with E-state index in [2.05, 4.69) is 5.32 Å². The second kappa shape index (κ2) is 9.51. The normalized spacial score (nSPS) is 13.8. The molecule has 1 aliphatic rings. The highest BCUT2D eigenvalue weighted by Crippen LogP contribution is 2.37. The Morgan fingerprint density at radius 1 is 1.06 bits per heavy atom. The Hall–Kier alpha value is -3.09. The lowest BCUT2D eigenvalue weighted by Gasteiger charge is -2.33. The van der Waals surface area contributed by atoms with Crippen molar-refractivity contribution in [1.82, 2.24) is 10.2 Å². The van der Waals surface area contributed by atoms with Crippen molar-refractivity contribution >= 4 is 57.4 Å². The summed E-state index contributed by atoms with van der Waals surface area (Å²) in [5, 5.41) is 5.57. The number of amides is 3. The van der Waals surface area contributed by atoms with Gasteiger partial charge in [-0.3, -0.25) is 19.3 Å². The monoisotopic (exact) mass is 511 g/mol. The van der Waals surface area contributed by atoms with Gasteiger partial charge in [-0.25, -0.2) is 0 Å². The van der Waals surface area contributed by atoms with Gasteiger partial charge in [-0.1, -0.05) is 53.5 Å².